The zero-order valence-corrected chi connectivity index (χ0v) is 13.2. The molecular formula is C16H25B2O. The average molecular weight is 255 g/mol. The van der Waals surface area contributed by atoms with Gasteiger partial charge in [0.1, 0.15) is 0 Å². The van der Waals surface area contributed by atoms with E-state index in [2.05, 4.69) is 60.5 Å². The van der Waals surface area contributed by atoms with Gasteiger partial charge in [-0.05, 0) is 0 Å². The summed E-state index contributed by atoms with van der Waals surface area (Å²) in [4.78, 5) is 12.1. The van der Waals surface area contributed by atoms with Crippen molar-refractivity contribution in [1.29, 1.82) is 0 Å². The Balaban J connectivity index is 2.81. The van der Waals surface area contributed by atoms with Crippen LogP contribution in [-0.2, 0) is 17.6 Å². The summed E-state index contributed by atoms with van der Waals surface area (Å²) >= 11 is 0. The van der Waals surface area contributed by atoms with E-state index in [0.717, 1.165) is 6.42 Å². The zero-order valence-electron chi connectivity index (χ0n) is 13.2. The molecule has 1 heterocycles. The molecule has 1 aromatic heterocycles. The minimum absolute atomic E-state index is 0.0456. The number of carbonyl (C=O) groups is 1. The SMILES string of the molecule is CC(C)(C)[B]C(=O)Cc1ccbcc1CC(C)(C)C. The van der Waals surface area contributed by atoms with Crippen molar-refractivity contribution < 1.29 is 4.79 Å². The molecule has 0 aromatic carbocycles. The topological polar surface area (TPSA) is 17.1 Å². The van der Waals surface area contributed by atoms with Gasteiger partial charge in [-0.2, -0.15) is 0 Å². The Morgan fingerprint density at radius 3 is 2.32 bits per heavy atom. The first-order chi connectivity index (χ1) is 8.57. The molecule has 0 aliphatic rings. The van der Waals surface area contributed by atoms with Crippen LogP contribution in [0.2, 0.25) is 5.31 Å². The minimum atomic E-state index is -0.0456. The summed E-state index contributed by atoms with van der Waals surface area (Å²) in [6, 6.07) is 2.08. The van der Waals surface area contributed by atoms with E-state index in [1.54, 1.807) is 0 Å². The van der Waals surface area contributed by atoms with Gasteiger partial charge in [-0.3, -0.25) is 0 Å². The van der Waals surface area contributed by atoms with Crippen LogP contribution < -0.4 is 0 Å². The second-order valence-electron chi connectivity index (χ2n) is 7.66. The fourth-order valence-electron chi connectivity index (χ4n) is 2.20. The van der Waals surface area contributed by atoms with Crippen LogP contribution in [0.1, 0.15) is 52.7 Å². The van der Waals surface area contributed by atoms with Gasteiger partial charge in [0.25, 0.3) is 0 Å². The molecule has 0 saturated carbocycles. The first kappa shape index (κ1) is 16.2. The Morgan fingerprint density at radius 1 is 1.16 bits per heavy atom. The third kappa shape index (κ3) is 6.75. The van der Waals surface area contributed by atoms with Crippen molar-refractivity contribution in [3.8, 4) is 0 Å². The molecule has 0 spiro atoms. The van der Waals surface area contributed by atoms with Crippen LogP contribution in [0.3, 0.4) is 0 Å². The van der Waals surface area contributed by atoms with Crippen molar-refractivity contribution in [1.82, 2.24) is 0 Å². The van der Waals surface area contributed by atoms with Gasteiger partial charge in [-0.25, -0.2) is 0 Å². The molecule has 19 heavy (non-hydrogen) atoms. The first-order valence-corrected chi connectivity index (χ1v) is 7.02. The van der Waals surface area contributed by atoms with Gasteiger partial charge in [0, 0.05) is 0 Å². The Bertz CT molecular complexity index is 439. The van der Waals surface area contributed by atoms with Crippen molar-refractivity contribution in [2.75, 3.05) is 0 Å². The standard InChI is InChI=1S/C16H25B2O/c1-15(2,3)10-13-11-17-8-7-12(13)9-14(19)18-16(4,5)6/h7-8,11H,9-10H2,1-6H3. The van der Waals surface area contributed by atoms with Crippen LogP contribution in [0.25, 0.3) is 0 Å². The maximum atomic E-state index is 12.1. The number of rotatable bonds is 4. The number of carbonyl (C=O) groups excluding carboxylic acids is 1. The monoisotopic (exact) mass is 255 g/mol. The molecule has 0 N–H and O–H groups in total. The summed E-state index contributed by atoms with van der Waals surface area (Å²) in [6.07, 6.45) is 1.52. The van der Waals surface area contributed by atoms with Crippen molar-refractivity contribution in [3.05, 3.63) is 29.1 Å². The fourth-order valence-corrected chi connectivity index (χ4v) is 2.20. The van der Waals surface area contributed by atoms with Crippen LogP contribution >= 0.6 is 0 Å². The Morgan fingerprint density at radius 2 is 1.79 bits per heavy atom. The van der Waals surface area contributed by atoms with Crippen molar-refractivity contribution in [2.24, 2.45) is 5.41 Å². The summed E-state index contributed by atoms with van der Waals surface area (Å²) in [6.45, 7) is 14.9. The van der Waals surface area contributed by atoms with Crippen LogP contribution in [-0.4, -0.2) is 19.9 Å². The molecule has 0 bridgehead atoms. The molecule has 1 radical (unpaired) electrons. The van der Waals surface area contributed by atoms with E-state index in [4.69, 9.17) is 0 Å². The van der Waals surface area contributed by atoms with Gasteiger partial charge >= 0.3 is 119 Å². The zero-order chi connectivity index (χ0) is 14.7. The normalized spacial score (nSPS) is 12.1. The molecule has 1 aromatic rings. The molecular weight excluding hydrogens is 230 g/mol. The van der Waals surface area contributed by atoms with Crippen molar-refractivity contribution in [3.63, 3.8) is 0 Å². The molecule has 0 saturated heterocycles. The molecule has 0 atom stereocenters. The molecule has 0 aliphatic carbocycles. The third-order valence-electron chi connectivity index (χ3n) is 2.80. The van der Waals surface area contributed by atoms with Gasteiger partial charge in [-0.15, -0.1) is 0 Å². The first-order valence-electron chi connectivity index (χ1n) is 7.02. The molecule has 0 amide bonds. The van der Waals surface area contributed by atoms with E-state index < -0.39 is 0 Å². The quantitative estimate of drug-likeness (QED) is 0.751. The van der Waals surface area contributed by atoms with Gasteiger partial charge in [0.2, 0.25) is 0 Å². The molecule has 0 fully saturated rings. The van der Waals surface area contributed by atoms with Gasteiger partial charge in [0.15, 0.2) is 0 Å². The molecule has 1 rings (SSSR count). The van der Waals surface area contributed by atoms with Gasteiger partial charge < -0.3 is 0 Å². The van der Waals surface area contributed by atoms with E-state index in [9.17, 15) is 4.79 Å². The maximum absolute atomic E-state index is 12.1. The number of hydrogen-bond donors (Lipinski definition) is 0. The van der Waals surface area contributed by atoms with Crippen LogP contribution in [0, 0.1) is 5.41 Å². The Hall–Kier alpha value is -0.850. The van der Waals surface area contributed by atoms with E-state index in [0.29, 0.717) is 6.42 Å². The van der Waals surface area contributed by atoms with Crippen LogP contribution in [0.4, 0.5) is 0 Å². The van der Waals surface area contributed by atoms with E-state index in [-0.39, 0.29) is 16.4 Å². The van der Waals surface area contributed by atoms with Crippen molar-refractivity contribution >= 4 is 19.9 Å². The van der Waals surface area contributed by atoms with Gasteiger partial charge in [0.05, 0.1) is 0 Å². The van der Waals surface area contributed by atoms with E-state index >= 15 is 0 Å². The Kier molecular flexibility index (Phi) is 5.18. The fraction of sp³-hybridized carbons (Fsp3) is 0.625. The summed E-state index contributed by atoms with van der Waals surface area (Å²) in [5.41, 5.74) is 2.93. The predicted molar refractivity (Wildman–Crippen MR) is 85.1 cm³/mol. The predicted octanol–water partition coefficient (Wildman–Crippen LogP) is 3.61. The molecule has 101 valence electrons. The van der Waals surface area contributed by atoms with Crippen molar-refractivity contribution in [2.45, 2.75) is 59.7 Å². The van der Waals surface area contributed by atoms with E-state index in [1.165, 1.54) is 11.1 Å². The second kappa shape index (κ2) is 6.07. The summed E-state index contributed by atoms with van der Waals surface area (Å²) in [5, 5.41) is -0.0456. The Labute approximate surface area is 119 Å². The number of hydrogen-bond acceptors (Lipinski definition) is 1. The third-order valence-corrected chi connectivity index (χ3v) is 2.80. The summed E-state index contributed by atoms with van der Waals surface area (Å²) in [5.74, 6) is 4.16. The summed E-state index contributed by atoms with van der Waals surface area (Å²) in [7, 11) is 1.83. The molecule has 3 heteroatoms. The van der Waals surface area contributed by atoms with Gasteiger partial charge in [-0.1, -0.05) is 0 Å². The molecule has 0 unspecified atom stereocenters. The second-order valence-corrected chi connectivity index (χ2v) is 7.66. The average Bonchev–Trinajstić information content (AvgIpc) is 2.15. The van der Waals surface area contributed by atoms with Crippen LogP contribution in [0.5, 0.6) is 0 Å². The molecule has 1 nitrogen and oxygen atoms in total. The summed E-state index contributed by atoms with van der Waals surface area (Å²) < 4.78 is 0. The van der Waals surface area contributed by atoms with E-state index in [1.807, 2.05) is 13.2 Å². The van der Waals surface area contributed by atoms with Crippen LogP contribution in [0.15, 0.2) is 18.0 Å². The molecule has 0 aliphatic heterocycles.